The Morgan fingerprint density at radius 1 is 1.07 bits per heavy atom. The van der Waals surface area contributed by atoms with E-state index in [-0.39, 0.29) is 6.61 Å². The zero-order valence-electron chi connectivity index (χ0n) is 17.6. The Morgan fingerprint density at radius 3 is 2.21 bits per heavy atom. The molecule has 2 atom stereocenters. The van der Waals surface area contributed by atoms with E-state index in [1.807, 2.05) is 30.3 Å². The third-order valence-corrected chi connectivity index (χ3v) is 5.18. The lowest BCUT2D eigenvalue weighted by Crippen LogP contribution is -2.49. The first kappa shape index (κ1) is 22.7. The van der Waals surface area contributed by atoms with Gasteiger partial charge >= 0.3 is 5.97 Å². The van der Waals surface area contributed by atoms with Gasteiger partial charge in [0.05, 0.1) is 20.8 Å². The van der Waals surface area contributed by atoms with E-state index in [1.165, 1.54) is 7.11 Å². The number of aliphatic hydroxyl groups excluding tert-OH is 1. The van der Waals surface area contributed by atoms with Crippen LogP contribution in [0.3, 0.4) is 0 Å². The van der Waals surface area contributed by atoms with E-state index in [1.54, 1.807) is 31.4 Å². The first-order valence-corrected chi connectivity index (χ1v) is 12.8. The first-order chi connectivity index (χ1) is 13.7. The van der Waals surface area contributed by atoms with Gasteiger partial charge in [-0.2, -0.15) is 0 Å². The maximum absolute atomic E-state index is 13.0. The number of carbonyl (C=O) groups is 1. The van der Waals surface area contributed by atoms with Crippen molar-refractivity contribution in [3.05, 3.63) is 65.7 Å². The van der Waals surface area contributed by atoms with Crippen molar-refractivity contribution >= 4 is 14.0 Å². The monoisotopic (exact) mass is 412 g/mol. The Bertz CT molecular complexity index is 862. The third kappa shape index (κ3) is 5.70. The van der Waals surface area contributed by atoms with Crippen molar-refractivity contribution in [2.45, 2.75) is 38.0 Å². The summed E-state index contributed by atoms with van der Waals surface area (Å²) in [5, 5.41) is 11.1. The number of hydrogen-bond acceptors (Lipinski definition) is 5. The summed E-state index contributed by atoms with van der Waals surface area (Å²) in [5.74, 6) is 2.76. The van der Waals surface area contributed by atoms with Gasteiger partial charge in [-0.25, -0.2) is 4.79 Å². The summed E-state index contributed by atoms with van der Waals surface area (Å²) < 4.78 is 16.4. The molecule has 5 nitrogen and oxygen atoms in total. The summed E-state index contributed by atoms with van der Waals surface area (Å²) >= 11 is 0. The zero-order valence-corrected chi connectivity index (χ0v) is 18.6. The molecule has 0 aromatic heterocycles. The van der Waals surface area contributed by atoms with Gasteiger partial charge in [0.1, 0.15) is 13.8 Å². The standard InChI is InChI=1S/C23H28O5Si/c1-26-20-13-11-19(12-14-20)23(22(25)27-2,21(24)15-16-29(3,4)5)28-17-18-9-7-6-8-10-18/h6-14,21,24H,17H2,1-5H3/t21-,23-/m1/s1. The molecular weight excluding hydrogens is 384 g/mol. The Hall–Kier alpha value is -2.59. The van der Waals surface area contributed by atoms with Crippen LogP contribution in [0.25, 0.3) is 0 Å². The van der Waals surface area contributed by atoms with Crippen LogP contribution in [-0.2, 0) is 26.5 Å². The van der Waals surface area contributed by atoms with Gasteiger partial charge < -0.3 is 19.3 Å². The molecule has 2 aromatic carbocycles. The van der Waals surface area contributed by atoms with Crippen molar-refractivity contribution in [2.24, 2.45) is 0 Å². The number of carbonyl (C=O) groups excluding carboxylic acids is 1. The van der Waals surface area contributed by atoms with Crippen LogP contribution >= 0.6 is 0 Å². The van der Waals surface area contributed by atoms with Gasteiger partial charge in [-0.1, -0.05) is 68.0 Å². The molecule has 154 valence electrons. The molecule has 2 aromatic rings. The van der Waals surface area contributed by atoms with Gasteiger partial charge in [-0.05, 0) is 23.3 Å². The number of rotatable bonds is 7. The maximum atomic E-state index is 13.0. The molecule has 0 bridgehead atoms. The Kier molecular flexibility index (Phi) is 7.63. The molecule has 0 saturated carbocycles. The quantitative estimate of drug-likeness (QED) is 0.428. The normalized spacial score (nSPS) is 14.1. The highest BCUT2D eigenvalue weighted by Crippen LogP contribution is 2.34. The van der Waals surface area contributed by atoms with Crippen molar-refractivity contribution in [3.8, 4) is 17.2 Å². The molecule has 0 aliphatic heterocycles. The van der Waals surface area contributed by atoms with E-state index >= 15 is 0 Å². The SMILES string of the molecule is COC(=O)[C@@](OCc1ccccc1)(c1ccc(OC)cc1)[C@H](O)C#C[Si](C)(C)C. The second kappa shape index (κ2) is 9.75. The second-order valence-corrected chi connectivity index (χ2v) is 12.4. The number of esters is 1. The summed E-state index contributed by atoms with van der Waals surface area (Å²) in [4.78, 5) is 13.0. The van der Waals surface area contributed by atoms with Gasteiger partial charge in [-0.3, -0.25) is 0 Å². The first-order valence-electron chi connectivity index (χ1n) is 9.34. The second-order valence-electron chi connectivity index (χ2n) is 7.65. The summed E-state index contributed by atoms with van der Waals surface area (Å²) in [5.41, 5.74) is 2.64. The fraction of sp³-hybridized carbons (Fsp3) is 0.348. The molecule has 0 aliphatic carbocycles. The average Bonchev–Trinajstić information content (AvgIpc) is 2.73. The topological polar surface area (TPSA) is 65.0 Å². The van der Waals surface area contributed by atoms with E-state index in [2.05, 4.69) is 31.1 Å². The minimum Gasteiger partial charge on any atom is -0.497 e. The van der Waals surface area contributed by atoms with Crippen LogP contribution in [0.5, 0.6) is 5.75 Å². The fourth-order valence-corrected chi connectivity index (χ4v) is 3.33. The number of ether oxygens (including phenoxy) is 3. The number of methoxy groups -OCH3 is 2. The molecule has 6 heteroatoms. The van der Waals surface area contributed by atoms with E-state index in [0.29, 0.717) is 11.3 Å². The Morgan fingerprint density at radius 2 is 1.69 bits per heavy atom. The van der Waals surface area contributed by atoms with Gasteiger partial charge in [0.15, 0.2) is 6.10 Å². The lowest BCUT2D eigenvalue weighted by molar-refractivity contribution is -0.187. The number of hydrogen-bond donors (Lipinski definition) is 1. The van der Waals surface area contributed by atoms with Gasteiger partial charge in [0.25, 0.3) is 0 Å². The molecule has 0 radical (unpaired) electrons. The molecule has 0 saturated heterocycles. The number of benzene rings is 2. The summed E-state index contributed by atoms with van der Waals surface area (Å²) in [6.45, 7) is 6.29. The van der Waals surface area contributed by atoms with Crippen LogP contribution in [0.15, 0.2) is 54.6 Å². The van der Waals surface area contributed by atoms with E-state index in [0.717, 1.165) is 5.56 Å². The van der Waals surface area contributed by atoms with Gasteiger partial charge in [0, 0.05) is 0 Å². The molecule has 1 N–H and O–H groups in total. The van der Waals surface area contributed by atoms with E-state index in [9.17, 15) is 9.90 Å². The molecule has 0 spiro atoms. The van der Waals surface area contributed by atoms with Crippen LogP contribution in [0.1, 0.15) is 11.1 Å². The molecule has 0 unspecified atom stereocenters. The summed E-state index contributed by atoms with van der Waals surface area (Å²) in [6, 6.07) is 16.2. The van der Waals surface area contributed by atoms with Crippen molar-refractivity contribution in [3.63, 3.8) is 0 Å². The average molecular weight is 413 g/mol. The third-order valence-electron chi connectivity index (χ3n) is 4.29. The minimum atomic E-state index is -1.80. The molecule has 0 amide bonds. The predicted octanol–water partition coefficient (Wildman–Crippen LogP) is 3.52. The van der Waals surface area contributed by atoms with Crippen molar-refractivity contribution in [1.29, 1.82) is 0 Å². The van der Waals surface area contributed by atoms with Crippen LogP contribution in [-0.4, -0.2) is 39.5 Å². The van der Waals surface area contributed by atoms with Gasteiger partial charge in [-0.15, -0.1) is 5.54 Å². The highest BCUT2D eigenvalue weighted by molar-refractivity contribution is 6.83. The van der Waals surface area contributed by atoms with E-state index < -0.39 is 25.7 Å². The van der Waals surface area contributed by atoms with Crippen LogP contribution in [0.4, 0.5) is 0 Å². The fourth-order valence-electron chi connectivity index (χ4n) is 2.76. The molecule has 29 heavy (non-hydrogen) atoms. The molecule has 0 fully saturated rings. The van der Waals surface area contributed by atoms with Crippen molar-refractivity contribution < 1.29 is 24.1 Å². The zero-order chi connectivity index (χ0) is 21.5. The lowest BCUT2D eigenvalue weighted by Gasteiger charge is -2.33. The van der Waals surface area contributed by atoms with Crippen LogP contribution < -0.4 is 4.74 Å². The molecule has 0 heterocycles. The van der Waals surface area contributed by atoms with Crippen molar-refractivity contribution in [2.75, 3.05) is 14.2 Å². The minimum absolute atomic E-state index is 0.105. The van der Waals surface area contributed by atoms with Crippen molar-refractivity contribution in [1.82, 2.24) is 0 Å². The Balaban J connectivity index is 2.56. The molecule has 0 aliphatic rings. The van der Waals surface area contributed by atoms with Crippen LogP contribution in [0, 0.1) is 11.5 Å². The maximum Gasteiger partial charge on any atom is 0.346 e. The predicted molar refractivity (Wildman–Crippen MR) is 115 cm³/mol. The summed E-state index contributed by atoms with van der Waals surface area (Å²) in [7, 11) is 1.03. The smallest absolute Gasteiger partial charge is 0.346 e. The van der Waals surface area contributed by atoms with E-state index in [4.69, 9.17) is 14.2 Å². The summed E-state index contributed by atoms with van der Waals surface area (Å²) in [6.07, 6.45) is -1.40. The van der Waals surface area contributed by atoms with Crippen LogP contribution in [0.2, 0.25) is 19.6 Å². The number of aliphatic hydroxyl groups is 1. The molecular formula is C23H28O5Si. The highest BCUT2D eigenvalue weighted by atomic mass is 28.3. The Labute approximate surface area is 173 Å². The lowest BCUT2D eigenvalue weighted by atomic mass is 9.87. The highest BCUT2D eigenvalue weighted by Gasteiger charge is 2.49. The largest absolute Gasteiger partial charge is 0.497 e. The molecule has 2 rings (SSSR count). The van der Waals surface area contributed by atoms with Gasteiger partial charge in [0.2, 0.25) is 5.60 Å².